The molecule has 0 atom stereocenters. The largest absolute Gasteiger partial charge is 0.384 e. The normalized spacial score (nSPS) is 11.4. The third kappa shape index (κ3) is 7.01. The van der Waals surface area contributed by atoms with Crippen LogP contribution in [0.3, 0.4) is 0 Å². The molecule has 0 unspecified atom stereocenters. The Kier molecular flexibility index (Phi) is 8.76. The van der Waals surface area contributed by atoms with E-state index in [1.165, 1.54) is 0 Å². The van der Waals surface area contributed by atoms with E-state index >= 15 is 0 Å². The molecule has 2 aromatic carbocycles. The van der Waals surface area contributed by atoms with Gasteiger partial charge in [-0.05, 0) is 83.9 Å². The van der Waals surface area contributed by atoms with Crippen LogP contribution in [0.2, 0.25) is 0 Å². The lowest BCUT2D eigenvalue weighted by molar-refractivity contribution is 0.427. The molecular weight excluding hydrogens is 696 g/mol. The fraction of sp³-hybridized carbons (Fsp3) is 0.100. The predicted molar refractivity (Wildman–Crippen MR) is 207 cm³/mol. The molecule has 55 heavy (non-hydrogen) atoms. The first kappa shape index (κ1) is 33.3. The number of hydrogen-bond donors (Lipinski definition) is 1. The number of anilines is 1. The van der Waals surface area contributed by atoms with Crippen LogP contribution in [0, 0.1) is 0 Å². The maximum absolute atomic E-state index is 12.5. The summed E-state index contributed by atoms with van der Waals surface area (Å²) >= 11 is 0. The molecule has 0 amide bonds. The second kappa shape index (κ2) is 14.5. The topological polar surface area (TPSA) is 170 Å². The third-order valence-electron chi connectivity index (χ3n) is 9.04. The second-order valence-corrected chi connectivity index (χ2v) is 12.8. The molecule has 2 N–H and O–H groups in total. The molecule has 8 heterocycles. The smallest absolute Gasteiger partial charge is 0.179 e. The summed E-state index contributed by atoms with van der Waals surface area (Å²) in [6.07, 6.45) is 8.78. The number of nitrogen functional groups attached to an aromatic ring is 1. The number of aromatic nitrogens is 13. The summed E-state index contributed by atoms with van der Waals surface area (Å²) in [6.45, 7) is 0.917. The van der Waals surface area contributed by atoms with Gasteiger partial charge in [-0.3, -0.25) is 14.6 Å². The minimum absolute atomic E-state index is 0.235. The van der Waals surface area contributed by atoms with E-state index in [2.05, 4.69) is 64.9 Å². The monoisotopic (exact) mass is 726 g/mol. The van der Waals surface area contributed by atoms with Crippen molar-refractivity contribution in [3.63, 3.8) is 0 Å². The molecular formula is C40H31FN14. The number of aryl methyl sites for hydroxylation is 1. The van der Waals surface area contributed by atoms with Crippen molar-refractivity contribution in [3.8, 4) is 22.5 Å². The molecule has 8 aromatic heterocycles. The van der Waals surface area contributed by atoms with Gasteiger partial charge in [0, 0.05) is 46.7 Å². The van der Waals surface area contributed by atoms with Crippen molar-refractivity contribution >= 4 is 50.0 Å². The number of fused-ring (bicyclic) bond motifs is 4. The fourth-order valence-corrected chi connectivity index (χ4v) is 6.30. The van der Waals surface area contributed by atoms with Gasteiger partial charge in [-0.1, -0.05) is 34.7 Å². The standard InChI is InChI=1S/C20H16FN7.C20H15N7/c21-7-9-27-13-16(11-23-27)18-5-6-19-20(24-18)28(26-25-19)12-14-3-4-17-15(10-14)2-1-8-22-17;21-19-8-4-15(11-23-19)17-6-7-18-20(24-17)27(26-25-18)12-13-3-5-16-14(10-13)2-1-9-22-16/h1-6,8,10-11,13H,7,9,12H2;1-11H,12H2,(H2,21,23). The highest BCUT2D eigenvalue weighted by Gasteiger charge is 2.12. The summed E-state index contributed by atoms with van der Waals surface area (Å²) in [7, 11) is 0. The lowest BCUT2D eigenvalue weighted by Gasteiger charge is -2.05. The van der Waals surface area contributed by atoms with Crippen LogP contribution in [0.1, 0.15) is 11.1 Å². The molecule has 0 spiro atoms. The van der Waals surface area contributed by atoms with Crippen LogP contribution in [-0.2, 0) is 19.6 Å². The van der Waals surface area contributed by atoms with E-state index in [0.29, 0.717) is 24.6 Å². The average molecular weight is 727 g/mol. The van der Waals surface area contributed by atoms with Gasteiger partial charge >= 0.3 is 0 Å². The predicted octanol–water partition coefficient (Wildman–Crippen LogP) is 6.32. The number of pyridine rings is 5. The van der Waals surface area contributed by atoms with Crippen LogP contribution in [-0.4, -0.2) is 71.4 Å². The van der Waals surface area contributed by atoms with Gasteiger partial charge in [0.05, 0.1) is 48.3 Å². The number of nitrogens with two attached hydrogens (primary N) is 1. The van der Waals surface area contributed by atoms with Crippen LogP contribution in [0.5, 0.6) is 0 Å². The summed E-state index contributed by atoms with van der Waals surface area (Å²) in [4.78, 5) is 22.3. The van der Waals surface area contributed by atoms with E-state index in [9.17, 15) is 4.39 Å². The molecule has 10 rings (SSSR count). The third-order valence-corrected chi connectivity index (χ3v) is 9.04. The Morgan fingerprint density at radius 3 is 1.73 bits per heavy atom. The summed E-state index contributed by atoms with van der Waals surface area (Å²) < 4.78 is 17.7. The van der Waals surface area contributed by atoms with Crippen molar-refractivity contribution in [3.05, 3.63) is 139 Å². The highest BCUT2D eigenvalue weighted by molar-refractivity contribution is 5.80. The maximum Gasteiger partial charge on any atom is 0.179 e. The molecule has 0 aliphatic carbocycles. The summed E-state index contributed by atoms with van der Waals surface area (Å²) in [5, 5.41) is 23.3. The molecule has 10 aromatic rings. The lowest BCUT2D eigenvalue weighted by atomic mass is 10.1. The molecule has 268 valence electrons. The van der Waals surface area contributed by atoms with Gasteiger partial charge in [-0.2, -0.15) is 5.10 Å². The van der Waals surface area contributed by atoms with E-state index in [1.807, 2.05) is 66.7 Å². The molecule has 0 fully saturated rings. The molecule has 15 heteroatoms. The zero-order valence-electron chi connectivity index (χ0n) is 29.2. The first-order valence-corrected chi connectivity index (χ1v) is 17.4. The van der Waals surface area contributed by atoms with Crippen LogP contribution in [0.25, 0.3) is 66.6 Å². The number of alkyl halides is 1. The van der Waals surface area contributed by atoms with E-state index in [4.69, 9.17) is 15.7 Å². The molecule has 0 aliphatic rings. The number of hydrogen-bond acceptors (Lipinski definition) is 11. The summed E-state index contributed by atoms with van der Waals surface area (Å²) in [6, 6.07) is 31.5. The molecule has 0 saturated heterocycles. The maximum atomic E-state index is 12.5. The quantitative estimate of drug-likeness (QED) is 0.186. The van der Waals surface area contributed by atoms with Crippen LogP contribution in [0.4, 0.5) is 10.2 Å². The molecule has 0 bridgehead atoms. The van der Waals surface area contributed by atoms with E-state index < -0.39 is 6.67 Å². The minimum atomic E-state index is -0.453. The number of benzene rings is 2. The highest BCUT2D eigenvalue weighted by Crippen LogP contribution is 2.23. The molecule has 14 nitrogen and oxygen atoms in total. The SMILES string of the molecule is FCCn1cc(-c2ccc3nnn(Cc4ccc5ncccc5c4)c3n2)cn1.Nc1ccc(-c2ccc3nnn(Cc4ccc5ncccc5c4)c3n2)cn1. The van der Waals surface area contributed by atoms with Crippen molar-refractivity contribution < 1.29 is 4.39 Å². The Labute approximate surface area is 312 Å². The van der Waals surface area contributed by atoms with Crippen LogP contribution in [0.15, 0.2) is 128 Å². The molecule has 0 saturated carbocycles. The van der Waals surface area contributed by atoms with Crippen LogP contribution >= 0.6 is 0 Å². The second-order valence-electron chi connectivity index (χ2n) is 12.8. The number of halogens is 1. The van der Waals surface area contributed by atoms with Crippen molar-refractivity contribution in [1.29, 1.82) is 0 Å². The van der Waals surface area contributed by atoms with Gasteiger partial charge < -0.3 is 5.73 Å². The van der Waals surface area contributed by atoms with Crippen molar-refractivity contribution in [2.24, 2.45) is 0 Å². The number of nitrogens with zero attached hydrogens (tertiary/aromatic N) is 13. The Morgan fingerprint density at radius 1 is 0.582 bits per heavy atom. The van der Waals surface area contributed by atoms with Gasteiger partial charge in [0.1, 0.15) is 23.5 Å². The van der Waals surface area contributed by atoms with Gasteiger partial charge in [0.2, 0.25) is 0 Å². The average Bonchev–Trinajstić information content (AvgIpc) is 3.97. The first-order chi connectivity index (χ1) is 27.1. The Hall–Kier alpha value is -7.55. The van der Waals surface area contributed by atoms with Gasteiger partial charge in [0.15, 0.2) is 11.3 Å². The summed E-state index contributed by atoms with van der Waals surface area (Å²) in [5.41, 5.74) is 16.0. The zero-order valence-corrected chi connectivity index (χ0v) is 29.2. The Bertz CT molecular complexity index is 2930. The summed E-state index contributed by atoms with van der Waals surface area (Å²) in [5.74, 6) is 0.484. The van der Waals surface area contributed by atoms with Crippen molar-refractivity contribution in [1.82, 2.24) is 64.7 Å². The van der Waals surface area contributed by atoms with Gasteiger partial charge in [-0.15, -0.1) is 10.2 Å². The lowest BCUT2D eigenvalue weighted by Crippen LogP contribution is -2.03. The van der Waals surface area contributed by atoms with Crippen molar-refractivity contribution in [2.75, 3.05) is 12.4 Å². The van der Waals surface area contributed by atoms with E-state index in [-0.39, 0.29) is 6.54 Å². The van der Waals surface area contributed by atoms with Crippen molar-refractivity contribution in [2.45, 2.75) is 19.6 Å². The van der Waals surface area contributed by atoms with E-state index in [0.717, 1.165) is 72.1 Å². The highest BCUT2D eigenvalue weighted by atomic mass is 19.1. The van der Waals surface area contributed by atoms with Gasteiger partial charge in [0.25, 0.3) is 0 Å². The fourth-order valence-electron chi connectivity index (χ4n) is 6.30. The Morgan fingerprint density at radius 2 is 1.16 bits per heavy atom. The molecule has 0 radical (unpaired) electrons. The van der Waals surface area contributed by atoms with E-state index in [1.54, 1.807) is 51.1 Å². The number of rotatable bonds is 8. The van der Waals surface area contributed by atoms with Crippen LogP contribution < -0.4 is 5.73 Å². The first-order valence-electron chi connectivity index (χ1n) is 17.4. The Balaban J connectivity index is 0.000000144. The zero-order chi connectivity index (χ0) is 37.1. The minimum Gasteiger partial charge on any atom is -0.384 e. The molecule has 0 aliphatic heterocycles. The van der Waals surface area contributed by atoms with Gasteiger partial charge in [-0.25, -0.2) is 28.7 Å².